The molecule has 0 radical (unpaired) electrons. The van der Waals surface area contributed by atoms with Gasteiger partial charge in [-0.15, -0.1) is 0 Å². The second kappa shape index (κ2) is 11.6. The Kier molecular flexibility index (Phi) is 8.07. The summed E-state index contributed by atoms with van der Waals surface area (Å²) in [6, 6.07) is 18.3. The number of furan rings is 1. The van der Waals surface area contributed by atoms with Gasteiger partial charge in [0.2, 0.25) is 0 Å². The zero-order chi connectivity index (χ0) is 27.2. The smallest absolute Gasteiger partial charge is 0.273 e. The second-order valence-electron chi connectivity index (χ2n) is 8.27. The third-order valence-corrected chi connectivity index (χ3v) is 6.50. The first-order valence-corrected chi connectivity index (χ1v) is 12.6. The summed E-state index contributed by atoms with van der Waals surface area (Å²) >= 11 is 0.724. The summed E-state index contributed by atoms with van der Waals surface area (Å²) in [4.78, 5) is 41.0. The van der Waals surface area contributed by atoms with Gasteiger partial charge in [-0.3, -0.25) is 19.3 Å². The largest absolute Gasteiger partial charge is 0.492 e. The van der Waals surface area contributed by atoms with Crippen molar-refractivity contribution in [3.63, 3.8) is 0 Å². The average molecular weight is 534 g/mol. The number of anilines is 2. The van der Waals surface area contributed by atoms with Crippen LogP contribution in [0.3, 0.4) is 0 Å². The van der Waals surface area contributed by atoms with Crippen LogP contribution in [0.25, 0.3) is 0 Å². The normalized spacial score (nSPS) is 11.5. The van der Waals surface area contributed by atoms with Crippen molar-refractivity contribution in [2.24, 2.45) is 5.73 Å². The lowest BCUT2D eigenvalue weighted by atomic mass is 10.1. The van der Waals surface area contributed by atoms with Crippen molar-refractivity contribution < 1.29 is 23.5 Å². The molecule has 2 aromatic carbocycles. The molecule has 2 heterocycles. The van der Waals surface area contributed by atoms with Crippen molar-refractivity contribution in [3.05, 3.63) is 94.4 Å². The van der Waals surface area contributed by atoms with Crippen LogP contribution in [0.15, 0.2) is 71.1 Å². The van der Waals surface area contributed by atoms with Crippen LogP contribution in [0.5, 0.6) is 5.75 Å². The molecule has 0 aliphatic heterocycles. The van der Waals surface area contributed by atoms with Gasteiger partial charge < -0.3 is 25.9 Å². The molecule has 0 bridgehead atoms. The highest BCUT2D eigenvalue weighted by atomic mass is 32.1. The number of nitrogen functional groups attached to an aromatic ring is 1. The Bertz CT molecular complexity index is 1450. The third kappa shape index (κ3) is 5.52. The molecule has 0 saturated heterocycles. The molecule has 4 aromatic rings. The lowest BCUT2D eigenvalue weighted by Crippen LogP contribution is -2.44. The Balaban J connectivity index is 1.85. The van der Waals surface area contributed by atoms with Crippen LogP contribution in [0, 0.1) is 6.92 Å². The number of carbonyl (C=O) groups excluding carboxylic acids is 3. The molecule has 0 aliphatic carbocycles. The van der Waals surface area contributed by atoms with Crippen molar-refractivity contribution in [2.75, 3.05) is 17.2 Å². The van der Waals surface area contributed by atoms with Gasteiger partial charge in [-0.05, 0) is 55.2 Å². The molecule has 1 atom stereocenters. The maximum absolute atomic E-state index is 14.1. The van der Waals surface area contributed by atoms with E-state index < -0.39 is 23.8 Å². The number of hydrogen-bond donors (Lipinski definition) is 3. The van der Waals surface area contributed by atoms with Gasteiger partial charge in [-0.2, -0.15) is 4.37 Å². The molecule has 0 aliphatic rings. The van der Waals surface area contributed by atoms with Crippen LogP contribution >= 0.6 is 11.5 Å². The number of ether oxygens (including phenoxy) is 1. The number of nitrogens with two attached hydrogens (primary N) is 2. The van der Waals surface area contributed by atoms with Gasteiger partial charge in [0.25, 0.3) is 17.7 Å². The fourth-order valence-corrected chi connectivity index (χ4v) is 4.64. The van der Waals surface area contributed by atoms with Crippen molar-refractivity contribution in [1.82, 2.24) is 9.69 Å². The minimum Gasteiger partial charge on any atom is -0.492 e. The average Bonchev–Trinajstić information content (AvgIpc) is 3.52. The number of amides is 3. The van der Waals surface area contributed by atoms with Crippen LogP contribution in [0.4, 0.5) is 11.4 Å². The number of aromatic nitrogens is 1. The minimum absolute atomic E-state index is 0.0470. The van der Waals surface area contributed by atoms with Crippen LogP contribution in [-0.4, -0.2) is 28.7 Å². The predicted molar refractivity (Wildman–Crippen MR) is 144 cm³/mol. The number of nitrogens with one attached hydrogen (secondary N) is 1. The van der Waals surface area contributed by atoms with Crippen molar-refractivity contribution in [2.45, 2.75) is 26.4 Å². The number of para-hydroxylation sites is 2. The number of nitrogens with zero attached hydrogens (tertiary/aromatic N) is 2. The molecule has 0 fully saturated rings. The summed E-state index contributed by atoms with van der Waals surface area (Å²) in [5.41, 5.74) is 12.3. The second-order valence-corrected chi connectivity index (χ2v) is 9.04. The SMILES string of the molecule is CCOc1ccccc1N(C(=O)c1snc(C(N)=O)c1N)[C@H](C(=O)NCc1ccccc1)c1ccc(C)o1. The lowest BCUT2D eigenvalue weighted by molar-refractivity contribution is -0.123. The monoisotopic (exact) mass is 533 g/mol. The predicted octanol–water partition coefficient (Wildman–Crippen LogP) is 3.83. The number of rotatable bonds is 10. The third-order valence-electron chi connectivity index (χ3n) is 5.65. The highest BCUT2D eigenvalue weighted by Crippen LogP contribution is 2.38. The Hall–Kier alpha value is -4.64. The molecule has 5 N–H and O–H groups in total. The van der Waals surface area contributed by atoms with Gasteiger partial charge in [-0.1, -0.05) is 42.5 Å². The Morgan fingerprint density at radius 3 is 2.42 bits per heavy atom. The van der Waals surface area contributed by atoms with E-state index in [1.54, 1.807) is 43.3 Å². The molecule has 3 amide bonds. The van der Waals surface area contributed by atoms with Crippen LogP contribution < -0.4 is 26.4 Å². The summed E-state index contributed by atoms with van der Waals surface area (Å²) < 4.78 is 15.6. The van der Waals surface area contributed by atoms with Gasteiger partial charge in [0.1, 0.15) is 22.1 Å². The van der Waals surface area contributed by atoms with Crippen LogP contribution in [0.1, 0.15) is 50.2 Å². The Labute approximate surface area is 223 Å². The molecule has 4 rings (SSSR count). The first kappa shape index (κ1) is 26.4. The maximum Gasteiger partial charge on any atom is 0.273 e. The Morgan fingerprint density at radius 1 is 1.08 bits per heavy atom. The van der Waals surface area contributed by atoms with Crippen molar-refractivity contribution in [1.29, 1.82) is 0 Å². The van der Waals surface area contributed by atoms with E-state index in [1.165, 1.54) is 4.90 Å². The van der Waals surface area contributed by atoms with E-state index in [0.717, 1.165) is 17.1 Å². The summed E-state index contributed by atoms with van der Waals surface area (Å²) in [6.45, 7) is 4.09. The maximum atomic E-state index is 14.1. The minimum atomic E-state index is -1.25. The quantitative estimate of drug-likeness (QED) is 0.280. The Morgan fingerprint density at radius 2 is 1.79 bits per heavy atom. The standard InChI is InChI=1S/C27H27N5O5S/c1-3-36-19-12-8-7-11-18(19)32(27(35)24-21(28)22(25(29)33)31-38-24)23(20-14-13-16(2)37-20)26(34)30-15-17-9-5-4-6-10-17/h4-14,23H,3,15,28H2,1-2H3,(H2,29,33)(H,30,34)/t23-/m0/s1. The number of hydrogen-bond acceptors (Lipinski definition) is 8. The van der Waals surface area contributed by atoms with E-state index in [2.05, 4.69) is 9.69 Å². The van der Waals surface area contributed by atoms with Crippen LogP contribution in [0.2, 0.25) is 0 Å². The zero-order valence-corrected chi connectivity index (χ0v) is 21.7. The van der Waals surface area contributed by atoms with E-state index in [9.17, 15) is 14.4 Å². The van der Waals surface area contributed by atoms with Gasteiger partial charge >= 0.3 is 0 Å². The van der Waals surface area contributed by atoms with E-state index in [0.29, 0.717) is 23.8 Å². The molecular weight excluding hydrogens is 506 g/mol. The molecule has 10 nitrogen and oxygen atoms in total. The number of primary amides is 1. The first-order valence-electron chi connectivity index (χ1n) is 11.8. The zero-order valence-electron chi connectivity index (χ0n) is 20.8. The van der Waals surface area contributed by atoms with Gasteiger partial charge in [-0.25, -0.2) is 0 Å². The van der Waals surface area contributed by atoms with Crippen molar-refractivity contribution >= 4 is 40.6 Å². The highest BCUT2D eigenvalue weighted by Gasteiger charge is 2.39. The molecular formula is C27H27N5O5S. The fourth-order valence-electron chi connectivity index (χ4n) is 3.89. The summed E-state index contributed by atoms with van der Waals surface area (Å²) in [7, 11) is 0. The van der Waals surface area contributed by atoms with E-state index in [1.807, 2.05) is 37.3 Å². The number of carbonyl (C=O) groups is 3. The molecule has 2 aromatic heterocycles. The summed E-state index contributed by atoms with van der Waals surface area (Å²) in [6.07, 6.45) is 0. The van der Waals surface area contributed by atoms with E-state index in [4.69, 9.17) is 20.6 Å². The topological polar surface area (TPSA) is 154 Å². The number of benzene rings is 2. The number of aryl methyl sites for hydroxylation is 1. The molecule has 38 heavy (non-hydrogen) atoms. The first-order chi connectivity index (χ1) is 18.3. The molecule has 11 heteroatoms. The van der Waals surface area contributed by atoms with Gasteiger partial charge in [0.05, 0.1) is 18.0 Å². The summed E-state index contributed by atoms with van der Waals surface area (Å²) in [5, 5.41) is 2.90. The van der Waals surface area contributed by atoms with E-state index >= 15 is 0 Å². The molecule has 0 saturated carbocycles. The molecule has 0 spiro atoms. The fraction of sp³-hybridized carbons (Fsp3) is 0.185. The van der Waals surface area contributed by atoms with Crippen LogP contribution in [-0.2, 0) is 11.3 Å². The van der Waals surface area contributed by atoms with Gasteiger partial charge in [0.15, 0.2) is 11.7 Å². The summed E-state index contributed by atoms with van der Waals surface area (Å²) in [5.74, 6) is -0.885. The lowest BCUT2D eigenvalue weighted by Gasteiger charge is -2.31. The molecule has 0 unspecified atom stereocenters. The van der Waals surface area contributed by atoms with Crippen molar-refractivity contribution in [3.8, 4) is 5.75 Å². The molecule has 196 valence electrons. The highest BCUT2D eigenvalue weighted by molar-refractivity contribution is 7.09. The van der Waals surface area contributed by atoms with Gasteiger partial charge in [0, 0.05) is 6.54 Å². The van der Waals surface area contributed by atoms with E-state index in [-0.39, 0.29) is 28.6 Å².